The van der Waals surface area contributed by atoms with Crippen LogP contribution in [0.3, 0.4) is 0 Å². The third-order valence-electron chi connectivity index (χ3n) is 8.65. The molecule has 0 saturated carbocycles. The van der Waals surface area contributed by atoms with Gasteiger partial charge in [-0.3, -0.25) is 14.9 Å². The van der Waals surface area contributed by atoms with Crippen molar-refractivity contribution in [3.05, 3.63) is 59.3 Å². The topological polar surface area (TPSA) is 110 Å². The summed E-state index contributed by atoms with van der Waals surface area (Å²) < 4.78 is 57.6. The van der Waals surface area contributed by atoms with Gasteiger partial charge in [0, 0.05) is 58.4 Å². The van der Waals surface area contributed by atoms with Crippen molar-refractivity contribution in [2.24, 2.45) is 10.9 Å². The summed E-state index contributed by atoms with van der Waals surface area (Å²) in [4.78, 5) is 46.2. The van der Waals surface area contributed by atoms with Crippen LogP contribution < -0.4 is 5.32 Å². The fraction of sp³-hybridized carbons (Fsp3) is 0.600. The molecule has 4 rings (SSSR count). The van der Waals surface area contributed by atoms with E-state index in [1.807, 2.05) is 26.8 Å². The molecule has 1 aromatic carbocycles. The predicted molar refractivity (Wildman–Crippen MR) is 183 cm³/mol. The van der Waals surface area contributed by atoms with Gasteiger partial charge in [-0.05, 0) is 70.0 Å². The highest BCUT2D eigenvalue weighted by Crippen LogP contribution is 2.42. The zero-order chi connectivity index (χ0) is 36.2. The first kappa shape index (κ1) is 38.3. The van der Waals surface area contributed by atoms with Crippen molar-refractivity contribution in [2.45, 2.75) is 89.7 Å². The lowest BCUT2D eigenvalue weighted by molar-refractivity contribution is -0.141. The molecule has 0 spiro atoms. The van der Waals surface area contributed by atoms with E-state index in [1.165, 1.54) is 19.1 Å². The second kappa shape index (κ2) is 15.2. The summed E-state index contributed by atoms with van der Waals surface area (Å²) in [5.74, 6) is -1.33. The Hall–Kier alpha value is -3.49. The van der Waals surface area contributed by atoms with Crippen LogP contribution in [0.2, 0.25) is 25.7 Å². The van der Waals surface area contributed by atoms with Gasteiger partial charge in [0.1, 0.15) is 11.3 Å². The van der Waals surface area contributed by atoms with E-state index < -0.39 is 49.1 Å². The number of hydrogen-bond acceptors (Lipinski definition) is 8. The highest BCUT2D eigenvalue weighted by molar-refractivity contribution is 6.76. The van der Waals surface area contributed by atoms with Crippen LogP contribution in [0.15, 0.2) is 53.2 Å². The van der Waals surface area contributed by atoms with Crippen molar-refractivity contribution in [3.8, 4) is 0 Å². The number of nitrogens with zero attached hydrogens (tertiary/aromatic N) is 3. The molecule has 3 atom stereocenters. The Balaban J connectivity index is 1.70. The first-order chi connectivity index (χ1) is 22.8. The molecule has 2 heterocycles. The maximum absolute atomic E-state index is 13.4. The first-order valence-corrected chi connectivity index (χ1v) is 20.4. The van der Waals surface area contributed by atoms with E-state index in [1.54, 1.807) is 17.1 Å². The summed E-state index contributed by atoms with van der Waals surface area (Å²) in [5, 5.41) is 3.74. The van der Waals surface area contributed by atoms with Crippen molar-refractivity contribution in [3.63, 3.8) is 0 Å². The molecule has 2 aliphatic heterocycles. The number of esters is 1. The number of nitrogens with one attached hydrogen (secondary N) is 1. The van der Waals surface area contributed by atoms with Crippen LogP contribution in [0.5, 0.6) is 0 Å². The highest BCUT2D eigenvalue weighted by Gasteiger charge is 2.56. The van der Waals surface area contributed by atoms with Crippen molar-refractivity contribution < 1.29 is 41.8 Å². The number of carbonyl (C=O) groups excluding carboxylic acids is 3. The number of fused-ring (bicyclic) bond motifs is 1. The lowest BCUT2D eigenvalue weighted by atomic mass is 9.90. The van der Waals surface area contributed by atoms with Crippen molar-refractivity contribution in [1.82, 2.24) is 15.1 Å². The van der Waals surface area contributed by atoms with Crippen LogP contribution in [0.25, 0.3) is 0 Å². The molecule has 14 heteroatoms. The van der Waals surface area contributed by atoms with Crippen LogP contribution in [0, 0.1) is 5.92 Å². The second-order valence-electron chi connectivity index (χ2n) is 15.0. The minimum Gasteiger partial charge on any atom is -0.466 e. The summed E-state index contributed by atoms with van der Waals surface area (Å²) in [6.45, 7) is 15.9. The summed E-state index contributed by atoms with van der Waals surface area (Å²) in [7, 11) is -1.43. The Morgan fingerprint density at radius 3 is 2.51 bits per heavy atom. The van der Waals surface area contributed by atoms with Crippen molar-refractivity contribution >= 4 is 31.8 Å². The number of carbonyl (C=O) groups is 3. The molecule has 2 fully saturated rings. The Bertz CT molecular complexity index is 1480. The molecular weight excluding hydrogens is 657 g/mol. The standard InChI is InChI=1S/C35H49F3N4O6Si/c1-24(43)47-18-10-16-42-29-14-9-13-28(39-31(44)25-11-8-12-26(21-25)35(36,37)38)30(29)40-34(42,23-46-19-20-49(5,6)7)27-15-17-41(22-27)32(45)48-33(2,3)4/h8-9,11-14,21,27,30,40H,10,15-20,22-23H2,1-7H3. The molecule has 3 aliphatic rings. The molecule has 10 nitrogen and oxygen atoms in total. The van der Waals surface area contributed by atoms with Gasteiger partial charge < -0.3 is 24.0 Å². The third-order valence-corrected chi connectivity index (χ3v) is 10.3. The number of allylic oxidation sites excluding steroid dienone is 2. The van der Waals surface area contributed by atoms with E-state index in [0.717, 1.165) is 23.9 Å². The lowest BCUT2D eigenvalue weighted by Crippen LogP contribution is -2.62. The average molecular weight is 707 g/mol. The summed E-state index contributed by atoms with van der Waals surface area (Å²) in [6, 6.07) is 4.57. The average Bonchev–Trinajstić information content (AvgIpc) is 3.61. The van der Waals surface area contributed by atoms with E-state index in [2.05, 4.69) is 34.9 Å². The molecule has 1 aromatic rings. The zero-order valence-corrected chi connectivity index (χ0v) is 30.5. The number of aliphatic imine (C=N–C) groups is 1. The molecule has 3 unspecified atom stereocenters. The molecule has 1 N–H and O–H groups in total. The number of hydrogen-bond donors (Lipinski definition) is 1. The maximum Gasteiger partial charge on any atom is 0.416 e. The second-order valence-corrected chi connectivity index (χ2v) is 20.6. The number of likely N-dealkylation sites (tertiary alicyclic amines) is 1. The number of rotatable bonds is 11. The number of halogens is 3. The van der Waals surface area contributed by atoms with Crippen molar-refractivity contribution in [1.29, 1.82) is 0 Å². The largest absolute Gasteiger partial charge is 0.466 e. The van der Waals surface area contributed by atoms with E-state index in [-0.39, 0.29) is 30.7 Å². The van der Waals surface area contributed by atoms with Crippen LogP contribution in [-0.2, 0) is 25.2 Å². The molecule has 2 saturated heterocycles. The minimum atomic E-state index is -4.60. The van der Waals surface area contributed by atoms with Gasteiger partial charge in [0.05, 0.1) is 30.5 Å². The Morgan fingerprint density at radius 2 is 1.86 bits per heavy atom. The Kier molecular flexibility index (Phi) is 11.9. The normalized spacial score (nSPS) is 23.5. The molecule has 2 amide bonds. The molecular formula is C35H49F3N4O6Si. The van der Waals surface area contributed by atoms with Gasteiger partial charge >= 0.3 is 18.2 Å². The minimum absolute atomic E-state index is 0.146. The SMILES string of the molecule is CC(=O)OCCCN1C2=CC=CC(=NC(=O)c3cccc(C(F)(F)F)c3)C2NC1(COCC[Si](C)(C)C)C1CCN(C(=O)OC(C)(C)C)C1. The molecule has 270 valence electrons. The van der Waals surface area contributed by atoms with E-state index in [0.29, 0.717) is 44.8 Å². The number of benzene rings is 1. The number of alkyl halides is 3. The number of amides is 2. The molecule has 0 radical (unpaired) electrons. The predicted octanol–water partition coefficient (Wildman–Crippen LogP) is 6.28. The smallest absolute Gasteiger partial charge is 0.416 e. The molecule has 49 heavy (non-hydrogen) atoms. The van der Waals surface area contributed by atoms with Gasteiger partial charge in [-0.1, -0.05) is 31.8 Å². The quantitative estimate of drug-likeness (QED) is 0.163. The Morgan fingerprint density at radius 1 is 1.12 bits per heavy atom. The lowest BCUT2D eigenvalue weighted by Gasteiger charge is -2.44. The zero-order valence-electron chi connectivity index (χ0n) is 29.5. The van der Waals surface area contributed by atoms with E-state index in [9.17, 15) is 27.6 Å². The summed E-state index contributed by atoms with van der Waals surface area (Å²) in [5.41, 5.74) is -1.49. The summed E-state index contributed by atoms with van der Waals surface area (Å²) in [6.07, 6.45) is 1.46. The van der Waals surface area contributed by atoms with Gasteiger partial charge in [-0.25, -0.2) is 9.79 Å². The maximum atomic E-state index is 13.4. The fourth-order valence-corrected chi connectivity index (χ4v) is 7.00. The van der Waals surface area contributed by atoms with Crippen LogP contribution >= 0.6 is 0 Å². The fourth-order valence-electron chi connectivity index (χ4n) is 6.24. The molecule has 0 bridgehead atoms. The van der Waals surface area contributed by atoms with Crippen molar-refractivity contribution in [2.75, 3.05) is 39.5 Å². The van der Waals surface area contributed by atoms with Gasteiger partial charge in [0.2, 0.25) is 0 Å². The number of ether oxygens (including phenoxy) is 3. The molecule has 0 aromatic heterocycles. The Labute approximate surface area is 287 Å². The van der Waals surface area contributed by atoms with Crippen LogP contribution in [-0.4, -0.2) is 98.3 Å². The monoisotopic (exact) mass is 706 g/mol. The first-order valence-electron chi connectivity index (χ1n) is 16.7. The highest BCUT2D eigenvalue weighted by atomic mass is 28.3. The van der Waals surface area contributed by atoms with E-state index in [4.69, 9.17) is 14.2 Å². The van der Waals surface area contributed by atoms with E-state index >= 15 is 0 Å². The van der Waals surface area contributed by atoms with Gasteiger partial charge in [-0.15, -0.1) is 0 Å². The van der Waals surface area contributed by atoms with Gasteiger partial charge in [-0.2, -0.15) is 13.2 Å². The van der Waals surface area contributed by atoms with Crippen LogP contribution in [0.1, 0.15) is 56.5 Å². The summed E-state index contributed by atoms with van der Waals surface area (Å²) >= 11 is 0. The van der Waals surface area contributed by atoms with Gasteiger partial charge in [0.15, 0.2) is 0 Å². The third kappa shape index (κ3) is 10.0. The van der Waals surface area contributed by atoms with Crippen LogP contribution in [0.4, 0.5) is 18.0 Å². The van der Waals surface area contributed by atoms with Gasteiger partial charge in [0.25, 0.3) is 5.91 Å². The molecule has 1 aliphatic carbocycles.